The van der Waals surface area contributed by atoms with Gasteiger partial charge in [0.15, 0.2) is 0 Å². The third-order valence-corrected chi connectivity index (χ3v) is 5.56. The number of benzene rings is 1. The minimum absolute atomic E-state index is 0.000478. The number of thioether (sulfide) groups is 1. The van der Waals surface area contributed by atoms with Gasteiger partial charge in [0.05, 0.1) is 17.5 Å². The van der Waals surface area contributed by atoms with Crippen LogP contribution in [-0.4, -0.2) is 51.8 Å². The van der Waals surface area contributed by atoms with Crippen LogP contribution in [0.25, 0.3) is 0 Å². The van der Waals surface area contributed by atoms with E-state index in [0.717, 1.165) is 10.6 Å². The van der Waals surface area contributed by atoms with Crippen LogP contribution >= 0.6 is 11.8 Å². The van der Waals surface area contributed by atoms with Crippen LogP contribution in [0.4, 0.5) is 5.69 Å². The molecule has 1 aliphatic rings. The van der Waals surface area contributed by atoms with Crippen LogP contribution in [0.5, 0.6) is 0 Å². The molecule has 0 radical (unpaired) electrons. The molecule has 3 rings (SSSR count). The number of carbonyl (C=O) groups excluding carboxylic acids is 2. The van der Waals surface area contributed by atoms with E-state index in [9.17, 15) is 14.7 Å². The summed E-state index contributed by atoms with van der Waals surface area (Å²) in [5.41, 5.74) is 1.63. The Labute approximate surface area is 163 Å². The summed E-state index contributed by atoms with van der Waals surface area (Å²) in [6, 6.07) is 13.1. The number of amides is 2. The number of aliphatic hydroxyl groups is 1. The average molecular weight is 385 g/mol. The van der Waals surface area contributed by atoms with E-state index in [2.05, 4.69) is 10.3 Å². The van der Waals surface area contributed by atoms with Gasteiger partial charge >= 0.3 is 0 Å². The molecule has 1 saturated heterocycles. The van der Waals surface area contributed by atoms with Gasteiger partial charge in [-0.2, -0.15) is 0 Å². The van der Waals surface area contributed by atoms with Crippen molar-refractivity contribution in [3.63, 3.8) is 0 Å². The highest BCUT2D eigenvalue weighted by molar-refractivity contribution is 8.00. The molecule has 0 aliphatic carbocycles. The second kappa shape index (κ2) is 9.01. The second-order valence-corrected chi connectivity index (χ2v) is 7.63. The minimum atomic E-state index is -0.535. The van der Waals surface area contributed by atoms with Gasteiger partial charge in [0.1, 0.15) is 0 Å². The van der Waals surface area contributed by atoms with Gasteiger partial charge in [-0.3, -0.25) is 14.6 Å². The van der Waals surface area contributed by atoms with Crippen LogP contribution in [0, 0.1) is 5.92 Å². The zero-order valence-corrected chi connectivity index (χ0v) is 16.0. The van der Waals surface area contributed by atoms with Gasteiger partial charge in [-0.05, 0) is 30.7 Å². The topological polar surface area (TPSA) is 82.5 Å². The van der Waals surface area contributed by atoms with E-state index < -0.39 is 6.10 Å². The lowest BCUT2D eigenvalue weighted by Gasteiger charge is -2.16. The average Bonchev–Trinajstić information content (AvgIpc) is 3.02. The molecule has 2 heterocycles. The molecule has 2 aromatic rings. The van der Waals surface area contributed by atoms with Gasteiger partial charge in [0.2, 0.25) is 11.8 Å². The van der Waals surface area contributed by atoms with Gasteiger partial charge in [0, 0.05) is 42.7 Å². The van der Waals surface area contributed by atoms with Crippen molar-refractivity contribution in [3.05, 3.63) is 54.4 Å². The summed E-state index contributed by atoms with van der Waals surface area (Å²) in [6.07, 6.45) is 1.86. The van der Waals surface area contributed by atoms with E-state index in [1.54, 1.807) is 11.1 Å². The molecule has 142 valence electrons. The van der Waals surface area contributed by atoms with Gasteiger partial charge in [-0.15, -0.1) is 11.8 Å². The third-order valence-electron chi connectivity index (χ3n) is 4.51. The van der Waals surface area contributed by atoms with E-state index in [-0.39, 0.29) is 23.5 Å². The zero-order valence-electron chi connectivity index (χ0n) is 15.2. The highest BCUT2D eigenvalue weighted by Crippen LogP contribution is 2.28. The number of aliphatic hydroxyl groups excluding tert-OH is 1. The van der Waals surface area contributed by atoms with E-state index in [1.165, 1.54) is 18.7 Å². The number of para-hydroxylation sites is 1. The minimum Gasteiger partial charge on any atom is -0.391 e. The number of pyridine rings is 1. The van der Waals surface area contributed by atoms with Crippen LogP contribution in [-0.2, 0) is 16.0 Å². The fourth-order valence-electron chi connectivity index (χ4n) is 3.16. The molecule has 27 heavy (non-hydrogen) atoms. The number of hydrogen-bond acceptors (Lipinski definition) is 5. The molecule has 0 unspecified atom stereocenters. The lowest BCUT2D eigenvalue weighted by atomic mass is 10.00. The molecule has 1 fully saturated rings. The summed E-state index contributed by atoms with van der Waals surface area (Å²) in [7, 11) is 0. The Morgan fingerprint density at radius 3 is 2.74 bits per heavy atom. The highest BCUT2D eigenvalue weighted by Gasteiger charge is 2.34. The maximum Gasteiger partial charge on any atom is 0.233 e. The number of likely N-dealkylation sites (tertiary alicyclic amines) is 1. The standard InChI is InChI=1S/C20H23N3O3S/c1-14(24)22-17-7-2-3-8-19(17)27-13-20(26)23-11-15(18(25)12-23)10-16-6-4-5-9-21-16/h2-9,15,18,25H,10-13H2,1H3,(H,22,24)/t15-,18-/m1/s1. The first kappa shape index (κ1) is 19.4. The van der Waals surface area contributed by atoms with Gasteiger partial charge in [0.25, 0.3) is 0 Å². The number of aromatic nitrogens is 1. The smallest absolute Gasteiger partial charge is 0.233 e. The lowest BCUT2D eigenvalue weighted by molar-refractivity contribution is -0.127. The molecule has 2 N–H and O–H groups in total. The summed E-state index contributed by atoms with van der Waals surface area (Å²) in [6.45, 7) is 2.34. The van der Waals surface area contributed by atoms with Crippen LogP contribution in [0.15, 0.2) is 53.6 Å². The molecule has 0 saturated carbocycles. The Bertz CT molecular complexity index is 800. The maximum absolute atomic E-state index is 12.6. The number of nitrogens with one attached hydrogen (secondary N) is 1. The van der Waals surface area contributed by atoms with Gasteiger partial charge < -0.3 is 15.3 Å². The quantitative estimate of drug-likeness (QED) is 0.745. The summed E-state index contributed by atoms with van der Waals surface area (Å²) in [4.78, 5) is 30.8. The molecule has 1 aromatic heterocycles. The number of hydrogen-bond donors (Lipinski definition) is 2. The fourth-order valence-corrected chi connectivity index (χ4v) is 4.07. The molecule has 0 spiro atoms. The van der Waals surface area contributed by atoms with Crippen molar-refractivity contribution in [3.8, 4) is 0 Å². The van der Waals surface area contributed by atoms with Crippen molar-refractivity contribution in [1.29, 1.82) is 0 Å². The van der Waals surface area contributed by atoms with Crippen molar-refractivity contribution in [1.82, 2.24) is 9.88 Å². The number of β-amino-alcohol motifs (C(OH)–C–C–N with tert-alkyl or cyclic N) is 1. The molecule has 0 bridgehead atoms. The number of carbonyl (C=O) groups is 2. The monoisotopic (exact) mass is 385 g/mol. The Kier molecular flexibility index (Phi) is 6.47. The van der Waals surface area contributed by atoms with Crippen LogP contribution in [0.1, 0.15) is 12.6 Å². The van der Waals surface area contributed by atoms with Gasteiger partial charge in [-0.1, -0.05) is 18.2 Å². The first-order chi connectivity index (χ1) is 13.0. The zero-order chi connectivity index (χ0) is 19.2. The molecular formula is C20H23N3O3S. The SMILES string of the molecule is CC(=O)Nc1ccccc1SCC(=O)N1C[C@@H](Cc2ccccn2)[C@H](O)C1. The van der Waals surface area contributed by atoms with Crippen LogP contribution in [0.2, 0.25) is 0 Å². The van der Waals surface area contributed by atoms with E-state index >= 15 is 0 Å². The van der Waals surface area contributed by atoms with Crippen molar-refractivity contribution in [2.75, 3.05) is 24.2 Å². The first-order valence-electron chi connectivity index (χ1n) is 8.88. The van der Waals surface area contributed by atoms with Crippen LogP contribution in [0.3, 0.4) is 0 Å². The predicted octanol–water partition coefficient (Wildman–Crippen LogP) is 2.19. The number of nitrogens with zero attached hydrogens (tertiary/aromatic N) is 2. The molecular weight excluding hydrogens is 362 g/mol. The molecule has 7 heteroatoms. The fraction of sp³-hybridized carbons (Fsp3) is 0.350. The predicted molar refractivity (Wildman–Crippen MR) is 105 cm³/mol. The van der Waals surface area contributed by atoms with Crippen LogP contribution < -0.4 is 5.32 Å². The van der Waals surface area contributed by atoms with E-state index in [4.69, 9.17) is 0 Å². The molecule has 2 amide bonds. The Morgan fingerprint density at radius 1 is 1.22 bits per heavy atom. The lowest BCUT2D eigenvalue weighted by Crippen LogP contribution is -2.31. The second-order valence-electron chi connectivity index (χ2n) is 6.62. The molecule has 2 atom stereocenters. The summed E-state index contributed by atoms with van der Waals surface area (Å²) in [5, 5.41) is 13.1. The molecule has 1 aromatic carbocycles. The van der Waals surface area contributed by atoms with Crippen molar-refractivity contribution >= 4 is 29.3 Å². The van der Waals surface area contributed by atoms with Crippen molar-refractivity contribution in [2.45, 2.75) is 24.3 Å². The third kappa shape index (κ3) is 5.30. The number of rotatable bonds is 6. The molecule has 1 aliphatic heterocycles. The van der Waals surface area contributed by atoms with E-state index in [1.807, 2.05) is 42.5 Å². The maximum atomic E-state index is 12.6. The summed E-state index contributed by atoms with van der Waals surface area (Å²) in [5.74, 6) is 0.106. The first-order valence-corrected chi connectivity index (χ1v) is 9.86. The van der Waals surface area contributed by atoms with Crippen molar-refractivity contribution in [2.24, 2.45) is 5.92 Å². The Balaban J connectivity index is 1.55. The van der Waals surface area contributed by atoms with Gasteiger partial charge in [-0.25, -0.2) is 0 Å². The summed E-state index contributed by atoms with van der Waals surface area (Å²) < 4.78 is 0. The normalized spacial score (nSPS) is 19.1. The Morgan fingerprint density at radius 2 is 2.00 bits per heavy atom. The summed E-state index contributed by atoms with van der Waals surface area (Å²) >= 11 is 1.39. The van der Waals surface area contributed by atoms with Crippen molar-refractivity contribution < 1.29 is 14.7 Å². The largest absolute Gasteiger partial charge is 0.391 e. The Hall–Kier alpha value is -2.38. The molecule has 6 nitrogen and oxygen atoms in total. The number of anilines is 1. The highest BCUT2D eigenvalue weighted by atomic mass is 32.2. The van der Waals surface area contributed by atoms with E-state index in [0.29, 0.717) is 25.2 Å².